The average Bonchev–Trinajstić information content (AvgIpc) is 2.30. The molecule has 16 heavy (non-hydrogen) atoms. The summed E-state index contributed by atoms with van der Waals surface area (Å²) in [5.41, 5.74) is 12.8. The Balaban J connectivity index is 2.51. The molecule has 3 heteroatoms. The smallest absolute Gasteiger partial charge is 0.118 e. The molecule has 0 atom stereocenters. The summed E-state index contributed by atoms with van der Waals surface area (Å²) in [5.74, 6) is 0. The second-order valence-corrected chi connectivity index (χ2v) is 4.12. The molecule has 0 heterocycles. The van der Waals surface area contributed by atoms with Crippen LogP contribution in [0.4, 0.5) is 0 Å². The van der Waals surface area contributed by atoms with Gasteiger partial charge in [0.15, 0.2) is 0 Å². The maximum Gasteiger partial charge on any atom is 0.118 e. The predicted molar refractivity (Wildman–Crippen MR) is 67.0 cm³/mol. The van der Waals surface area contributed by atoms with Crippen LogP contribution in [0.5, 0.6) is 0 Å². The Labute approximate surface area is 99.8 Å². The molecule has 0 spiro atoms. The second kappa shape index (κ2) is 4.26. The normalized spacial score (nSPS) is 11.4. The Kier molecular flexibility index (Phi) is 2.97. The van der Waals surface area contributed by atoms with Crippen LogP contribution in [0.25, 0.3) is 0 Å². The summed E-state index contributed by atoms with van der Waals surface area (Å²) >= 11 is 6.10. The van der Waals surface area contributed by atoms with Gasteiger partial charge < -0.3 is 11.5 Å². The van der Waals surface area contributed by atoms with Crippen molar-refractivity contribution in [2.45, 2.75) is 5.66 Å². The third-order valence-electron chi connectivity index (χ3n) is 2.57. The van der Waals surface area contributed by atoms with E-state index < -0.39 is 5.66 Å². The molecular formula is C13H13ClN2. The van der Waals surface area contributed by atoms with Crippen molar-refractivity contribution in [1.29, 1.82) is 0 Å². The summed E-state index contributed by atoms with van der Waals surface area (Å²) in [4.78, 5) is 0. The van der Waals surface area contributed by atoms with E-state index in [-0.39, 0.29) is 0 Å². The minimum atomic E-state index is -1.06. The molecule has 0 saturated carbocycles. The Morgan fingerprint density at radius 3 is 2.00 bits per heavy atom. The van der Waals surface area contributed by atoms with Crippen LogP contribution in [0.2, 0.25) is 5.02 Å². The number of nitrogens with two attached hydrogens (primary N) is 2. The van der Waals surface area contributed by atoms with E-state index in [2.05, 4.69) is 0 Å². The molecule has 2 aromatic rings. The summed E-state index contributed by atoms with van der Waals surface area (Å²) in [5, 5.41) is 0.580. The molecule has 2 rings (SSSR count). The lowest BCUT2D eigenvalue weighted by molar-refractivity contribution is 0.568. The molecule has 0 aromatic heterocycles. The number of halogens is 1. The fourth-order valence-corrected chi connectivity index (χ4v) is 1.96. The van der Waals surface area contributed by atoms with E-state index in [1.54, 1.807) is 6.07 Å². The van der Waals surface area contributed by atoms with Crippen molar-refractivity contribution in [3.05, 3.63) is 70.7 Å². The van der Waals surface area contributed by atoms with E-state index in [0.29, 0.717) is 5.02 Å². The molecule has 0 unspecified atom stereocenters. The van der Waals surface area contributed by atoms with E-state index in [1.807, 2.05) is 48.5 Å². The summed E-state index contributed by atoms with van der Waals surface area (Å²) in [6, 6.07) is 16.9. The minimum absolute atomic E-state index is 0.580. The SMILES string of the molecule is NC(N)(c1ccccc1)c1ccccc1Cl. The molecule has 0 aliphatic carbocycles. The Morgan fingerprint density at radius 2 is 1.38 bits per heavy atom. The summed E-state index contributed by atoms with van der Waals surface area (Å²) < 4.78 is 0. The first kappa shape index (κ1) is 11.1. The number of rotatable bonds is 2. The van der Waals surface area contributed by atoms with Gasteiger partial charge in [-0.3, -0.25) is 0 Å². The molecule has 0 aliphatic rings. The van der Waals surface area contributed by atoms with Crippen molar-refractivity contribution in [1.82, 2.24) is 0 Å². The third kappa shape index (κ3) is 1.95. The van der Waals surface area contributed by atoms with Gasteiger partial charge in [0.25, 0.3) is 0 Å². The van der Waals surface area contributed by atoms with Crippen LogP contribution < -0.4 is 11.5 Å². The van der Waals surface area contributed by atoms with Crippen LogP contribution in [0, 0.1) is 0 Å². The quantitative estimate of drug-likeness (QED) is 0.782. The Bertz CT molecular complexity index is 480. The van der Waals surface area contributed by atoms with Crippen molar-refractivity contribution in [3.63, 3.8) is 0 Å². The molecule has 82 valence electrons. The van der Waals surface area contributed by atoms with Crippen molar-refractivity contribution < 1.29 is 0 Å². The topological polar surface area (TPSA) is 52.0 Å². The van der Waals surface area contributed by atoms with Crippen molar-refractivity contribution in [2.24, 2.45) is 11.5 Å². The highest BCUT2D eigenvalue weighted by atomic mass is 35.5. The van der Waals surface area contributed by atoms with Crippen LogP contribution >= 0.6 is 11.6 Å². The minimum Gasteiger partial charge on any atom is -0.306 e. The molecule has 0 aliphatic heterocycles. The summed E-state index contributed by atoms with van der Waals surface area (Å²) in [6.45, 7) is 0. The molecule has 0 radical (unpaired) electrons. The van der Waals surface area contributed by atoms with Crippen LogP contribution in [0.15, 0.2) is 54.6 Å². The maximum absolute atomic E-state index is 6.15. The third-order valence-corrected chi connectivity index (χ3v) is 2.90. The van der Waals surface area contributed by atoms with Crippen LogP contribution in [-0.4, -0.2) is 0 Å². The largest absolute Gasteiger partial charge is 0.306 e. The molecule has 0 bridgehead atoms. The predicted octanol–water partition coefficient (Wildman–Crippen LogP) is 2.46. The first-order chi connectivity index (χ1) is 7.62. The molecule has 2 aromatic carbocycles. The van der Waals surface area contributed by atoms with Gasteiger partial charge in [-0.25, -0.2) is 0 Å². The zero-order chi connectivity index (χ0) is 11.6. The molecule has 2 nitrogen and oxygen atoms in total. The van der Waals surface area contributed by atoms with Crippen molar-refractivity contribution >= 4 is 11.6 Å². The van der Waals surface area contributed by atoms with Gasteiger partial charge >= 0.3 is 0 Å². The van der Waals surface area contributed by atoms with Crippen LogP contribution in [0.1, 0.15) is 11.1 Å². The fraction of sp³-hybridized carbons (Fsp3) is 0.0769. The zero-order valence-electron chi connectivity index (χ0n) is 8.73. The molecule has 0 saturated heterocycles. The molecular weight excluding hydrogens is 220 g/mol. The van der Waals surface area contributed by atoms with Crippen molar-refractivity contribution in [3.8, 4) is 0 Å². The number of benzene rings is 2. The molecule has 4 N–H and O–H groups in total. The molecule has 0 amide bonds. The van der Waals surface area contributed by atoms with E-state index in [0.717, 1.165) is 11.1 Å². The fourth-order valence-electron chi connectivity index (χ4n) is 1.67. The molecule has 0 fully saturated rings. The summed E-state index contributed by atoms with van der Waals surface area (Å²) in [6.07, 6.45) is 0. The van der Waals surface area contributed by atoms with Crippen LogP contribution in [0.3, 0.4) is 0 Å². The number of hydrogen-bond donors (Lipinski definition) is 2. The van der Waals surface area contributed by atoms with Crippen molar-refractivity contribution in [2.75, 3.05) is 0 Å². The average molecular weight is 233 g/mol. The highest BCUT2D eigenvalue weighted by Crippen LogP contribution is 2.27. The van der Waals surface area contributed by atoms with Gasteiger partial charge in [-0.2, -0.15) is 0 Å². The highest BCUT2D eigenvalue weighted by molar-refractivity contribution is 6.31. The summed E-state index contributed by atoms with van der Waals surface area (Å²) in [7, 11) is 0. The monoisotopic (exact) mass is 232 g/mol. The van der Waals surface area contributed by atoms with Gasteiger partial charge in [-0.05, 0) is 11.6 Å². The Morgan fingerprint density at radius 1 is 0.812 bits per heavy atom. The zero-order valence-corrected chi connectivity index (χ0v) is 9.48. The maximum atomic E-state index is 6.15. The number of hydrogen-bond acceptors (Lipinski definition) is 2. The van der Waals surface area contributed by atoms with Gasteiger partial charge in [0.1, 0.15) is 5.66 Å². The first-order valence-corrected chi connectivity index (χ1v) is 5.38. The highest BCUT2D eigenvalue weighted by Gasteiger charge is 2.26. The van der Waals surface area contributed by atoms with Gasteiger partial charge in [0.05, 0.1) is 0 Å². The lowest BCUT2D eigenvalue weighted by Gasteiger charge is -2.26. The second-order valence-electron chi connectivity index (χ2n) is 3.71. The first-order valence-electron chi connectivity index (χ1n) is 5.00. The van der Waals surface area contributed by atoms with Crippen LogP contribution in [-0.2, 0) is 5.66 Å². The Hall–Kier alpha value is -1.35. The van der Waals surface area contributed by atoms with E-state index in [9.17, 15) is 0 Å². The van der Waals surface area contributed by atoms with E-state index in [1.165, 1.54) is 0 Å². The lowest BCUT2D eigenvalue weighted by atomic mass is 9.93. The van der Waals surface area contributed by atoms with Gasteiger partial charge in [-0.1, -0.05) is 60.1 Å². The van der Waals surface area contributed by atoms with Gasteiger partial charge in [0, 0.05) is 10.6 Å². The van der Waals surface area contributed by atoms with Gasteiger partial charge in [0.2, 0.25) is 0 Å². The van der Waals surface area contributed by atoms with Gasteiger partial charge in [-0.15, -0.1) is 0 Å². The lowest BCUT2D eigenvalue weighted by Crippen LogP contribution is -2.47. The van der Waals surface area contributed by atoms with E-state index in [4.69, 9.17) is 23.1 Å². The van der Waals surface area contributed by atoms with E-state index >= 15 is 0 Å². The standard InChI is InChI=1S/C13H13ClN2/c14-12-9-5-4-8-11(12)13(15,16)10-6-2-1-3-7-10/h1-9H,15-16H2.